The van der Waals surface area contributed by atoms with E-state index >= 15 is 0 Å². The number of nitrogens with zero attached hydrogens (tertiary/aromatic N) is 3. The molecule has 1 heterocycles. The van der Waals surface area contributed by atoms with Crippen molar-refractivity contribution in [2.45, 2.75) is 30.7 Å². The van der Waals surface area contributed by atoms with Crippen molar-refractivity contribution in [3.8, 4) is 0 Å². The van der Waals surface area contributed by atoms with Crippen LogP contribution < -0.4 is 0 Å². The van der Waals surface area contributed by atoms with E-state index in [1.165, 1.54) is 18.1 Å². The lowest BCUT2D eigenvalue weighted by molar-refractivity contribution is 0.586. The van der Waals surface area contributed by atoms with Crippen LogP contribution in [0.4, 0.5) is 0 Å². The van der Waals surface area contributed by atoms with Gasteiger partial charge in [0, 0.05) is 12.8 Å². The van der Waals surface area contributed by atoms with Crippen LogP contribution in [0.1, 0.15) is 20.3 Å². The standard InChI is InChI=1S/C9H17N3O2S2/c1-8(2)16(13,14)6-4-5-15-9-10-7-11-12(9)3/h7-8H,4-6H2,1-3H3. The van der Waals surface area contributed by atoms with Crippen LogP contribution in [0.5, 0.6) is 0 Å². The molecule has 0 radical (unpaired) electrons. The molecule has 1 aromatic heterocycles. The molecule has 0 amide bonds. The van der Waals surface area contributed by atoms with Gasteiger partial charge in [0.25, 0.3) is 0 Å². The SMILES string of the molecule is CC(C)S(=O)(=O)CCCSc1ncnn1C. The van der Waals surface area contributed by atoms with E-state index in [0.717, 1.165) is 10.9 Å². The number of hydrogen-bond donors (Lipinski definition) is 0. The predicted molar refractivity (Wildman–Crippen MR) is 65.3 cm³/mol. The van der Waals surface area contributed by atoms with Gasteiger partial charge in [-0.2, -0.15) is 5.10 Å². The monoisotopic (exact) mass is 263 g/mol. The first-order chi connectivity index (χ1) is 7.43. The Bertz CT molecular complexity index is 426. The largest absolute Gasteiger partial charge is 0.244 e. The molecule has 0 saturated carbocycles. The first-order valence-electron chi connectivity index (χ1n) is 5.12. The zero-order valence-electron chi connectivity index (χ0n) is 9.75. The Kier molecular flexibility index (Phi) is 4.79. The van der Waals surface area contributed by atoms with E-state index in [2.05, 4.69) is 10.1 Å². The van der Waals surface area contributed by atoms with E-state index in [1.54, 1.807) is 18.5 Å². The molecule has 92 valence electrons. The van der Waals surface area contributed by atoms with Crippen LogP contribution in [0.25, 0.3) is 0 Å². The van der Waals surface area contributed by atoms with Crippen molar-refractivity contribution in [2.75, 3.05) is 11.5 Å². The molecule has 7 heteroatoms. The van der Waals surface area contributed by atoms with Crippen LogP contribution in [-0.2, 0) is 16.9 Å². The zero-order valence-corrected chi connectivity index (χ0v) is 11.4. The zero-order chi connectivity index (χ0) is 12.2. The highest BCUT2D eigenvalue weighted by Crippen LogP contribution is 2.15. The summed E-state index contributed by atoms with van der Waals surface area (Å²) in [5, 5.41) is 4.48. The van der Waals surface area contributed by atoms with Crippen molar-refractivity contribution in [1.82, 2.24) is 14.8 Å². The maximum Gasteiger partial charge on any atom is 0.185 e. The molecule has 0 atom stereocenters. The maximum absolute atomic E-state index is 11.5. The quantitative estimate of drug-likeness (QED) is 0.568. The van der Waals surface area contributed by atoms with Crippen molar-refractivity contribution in [1.29, 1.82) is 0 Å². The van der Waals surface area contributed by atoms with Gasteiger partial charge >= 0.3 is 0 Å². The molecule has 0 bridgehead atoms. The molecule has 0 aromatic carbocycles. The van der Waals surface area contributed by atoms with E-state index in [1.807, 2.05) is 7.05 Å². The molecule has 0 spiro atoms. The van der Waals surface area contributed by atoms with Gasteiger partial charge in [-0.1, -0.05) is 11.8 Å². The van der Waals surface area contributed by atoms with E-state index < -0.39 is 9.84 Å². The highest BCUT2D eigenvalue weighted by molar-refractivity contribution is 7.99. The summed E-state index contributed by atoms with van der Waals surface area (Å²) < 4.78 is 24.7. The number of aryl methyl sites for hydroxylation is 1. The lowest BCUT2D eigenvalue weighted by Gasteiger charge is -2.06. The summed E-state index contributed by atoms with van der Waals surface area (Å²) in [4.78, 5) is 4.05. The smallest absolute Gasteiger partial charge is 0.185 e. The third-order valence-electron chi connectivity index (χ3n) is 2.19. The van der Waals surface area contributed by atoms with Crippen molar-refractivity contribution in [3.63, 3.8) is 0 Å². The van der Waals surface area contributed by atoms with Crippen molar-refractivity contribution < 1.29 is 8.42 Å². The third-order valence-corrected chi connectivity index (χ3v) is 5.61. The Morgan fingerprint density at radius 1 is 1.50 bits per heavy atom. The second kappa shape index (κ2) is 5.67. The molecule has 0 fully saturated rings. The second-order valence-electron chi connectivity index (χ2n) is 3.78. The summed E-state index contributed by atoms with van der Waals surface area (Å²) in [5.41, 5.74) is 0. The van der Waals surface area contributed by atoms with Gasteiger partial charge in [0.15, 0.2) is 15.0 Å². The van der Waals surface area contributed by atoms with Crippen molar-refractivity contribution in [2.24, 2.45) is 7.05 Å². The molecular formula is C9H17N3O2S2. The van der Waals surface area contributed by atoms with Gasteiger partial charge in [-0.15, -0.1) is 0 Å². The third kappa shape index (κ3) is 3.79. The molecule has 1 aromatic rings. The van der Waals surface area contributed by atoms with Crippen molar-refractivity contribution in [3.05, 3.63) is 6.33 Å². The molecule has 0 saturated heterocycles. The van der Waals surface area contributed by atoms with E-state index in [0.29, 0.717) is 6.42 Å². The first kappa shape index (κ1) is 13.5. The van der Waals surface area contributed by atoms with Gasteiger partial charge in [0.05, 0.1) is 11.0 Å². The lowest BCUT2D eigenvalue weighted by atomic mass is 10.6. The number of thioether (sulfide) groups is 1. The number of sulfone groups is 1. The Balaban J connectivity index is 2.30. The van der Waals surface area contributed by atoms with Gasteiger partial charge in [0.1, 0.15) is 6.33 Å². The minimum atomic E-state index is -2.91. The molecule has 0 unspecified atom stereocenters. The van der Waals surface area contributed by atoms with Gasteiger partial charge in [-0.25, -0.2) is 18.1 Å². The molecule has 16 heavy (non-hydrogen) atoms. The van der Waals surface area contributed by atoms with Gasteiger partial charge in [0.2, 0.25) is 0 Å². The fraction of sp³-hybridized carbons (Fsp3) is 0.778. The average molecular weight is 263 g/mol. The lowest BCUT2D eigenvalue weighted by Crippen LogP contribution is -2.18. The van der Waals surface area contributed by atoms with Gasteiger partial charge in [-0.3, -0.25) is 0 Å². The fourth-order valence-corrected chi connectivity index (χ4v) is 3.10. The summed E-state index contributed by atoms with van der Waals surface area (Å²) in [7, 11) is -1.09. The molecule has 0 aliphatic heterocycles. The fourth-order valence-electron chi connectivity index (χ4n) is 1.08. The minimum absolute atomic E-state index is 0.246. The molecule has 0 aliphatic rings. The predicted octanol–water partition coefficient (Wildman–Crippen LogP) is 1.12. The number of aromatic nitrogens is 3. The molecular weight excluding hydrogens is 246 g/mol. The van der Waals surface area contributed by atoms with Gasteiger partial charge in [-0.05, 0) is 20.3 Å². The minimum Gasteiger partial charge on any atom is -0.244 e. The van der Waals surface area contributed by atoms with Crippen LogP contribution in [0.3, 0.4) is 0 Å². The number of hydrogen-bond acceptors (Lipinski definition) is 5. The van der Waals surface area contributed by atoms with Crippen LogP contribution in [-0.4, -0.2) is 39.9 Å². The Hall–Kier alpha value is -0.560. The molecule has 0 N–H and O–H groups in total. The van der Waals surface area contributed by atoms with Gasteiger partial charge < -0.3 is 0 Å². The number of rotatable bonds is 6. The highest BCUT2D eigenvalue weighted by Gasteiger charge is 2.15. The summed E-state index contributed by atoms with van der Waals surface area (Å²) in [6.07, 6.45) is 2.14. The van der Waals surface area contributed by atoms with Crippen molar-refractivity contribution >= 4 is 21.6 Å². The van der Waals surface area contributed by atoms with Crippen LogP contribution >= 0.6 is 11.8 Å². The average Bonchev–Trinajstić information content (AvgIpc) is 2.59. The summed E-state index contributed by atoms with van der Waals surface area (Å²) in [6.45, 7) is 3.43. The summed E-state index contributed by atoms with van der Waals surface area (Å²) in [5.74, 6) is 0.994. The Morgan fingerprint density at radius 3 is 2.69 bits per heavy atom. The molecule has 1 rings (SSSR count). The van der Waals surface area contributed by atoms with Crippen LogP contribution in [0.15, 0.2) is 11.5 Å². The Labute approximate surface area is 101 Å². The summed E-state index contributed by atoms with van der Waals surface area (Å²) in [6, 6.07) is 0. The molecule has 0 aliphatic carbocycles. The summed E-state index contributed by atoms with van der Waals surface area (Å²) >= 11 is 1.53. The van der Waals surface area contributed by atoms with Crippen LogP contribution in [0.2, 0.25) is 0 Å². The maximum atomic E-state index is 11.5. The highest BCUT2D eigenvalue weighted by atomic mass is 32.2. The second-order valence-corrected chi connectivity index (χ2v) is 7.52. The Morgan fingerprint density at radius 2 is 2.19 bits per heavy atom. The van der Waals surface area contributed by atoms with E-state index in [-0.39, 0.29) is 11.0 Å². The first-order valence-corrected chi connectivity index (χ1v) is 7.82. The topological polar surface area (TPSA) is 64.8 Å². The van der Waals surface area contributed by atoms with E-state index in [9.17, 15) is 8.42 Å². The van der Waals surface area contributed by atoms with E-state index in [4.69, 9.17) is 0 Å². The van der Waals surface area contributed by atoms with Crippen LogP contribution in [0, 0.1) is 0 Å². The molecule has 5 nitrogen and oxygen atoms in total. The normalized spacial score (nSPS) is 12.2.